The Morgan fingerprint density at radius 2 is 1.90 bits per heavy atom. The van der Waals surface area contributed by atoms with Crippen LogP contribution in [0, 0.1) is 0 Å². The van der Waals surface area contributed by atoms with Gasteiger partial charge in [-0.05, 0) is 12.0 Å². The third kappa shape index (κ3) is 8.66. The summed E-state index contributed by atoms with van der Waals surface area (Å²) in [5.41, 5.74) is 0. The van der Waals surface area contributed by atoms with E-state index in [1.165, 1.54) is 23.8 Å². The molecule has 0 aromatic rings. The molecule has 0 atom stereocenters. The maximum atomic E-state index is 3.38. The molecule has 0 radical (unpaired) electrons. The zero-order valence-corrected chi connectivity index (χ0v) is 8.49. The monoisotopic (exact) mass is 179 g/mol. The molecule has 0 saturated heterocycles. The highest BCUT2D eigenvalue weighted by molar-refractivity contribution is 7.99. The molecule has 0 aromatic carbocycles. The molecular formula is C7H17NS2. The average Bonchev–Trinajstić information content (AvgIpc) is 1.97. The molecule has 1 N–H and O–H groups in total. The second kappa shape index (κ2) is 9.66. The molecule has 0 aliphatic carbocycles. The summed E-state index contributed by atoms with van der Waals surface area (Å²) >= 11 is 3.89. The van der Waals surface area contributed by atoms with Crippen LogP contribution >= 0.6 is 23.5 Å². The summed E-state index contributed by atoms with van der Waals surface area (Å²) in [7, 11) is 0. The molecule has 0 fully saturated rings. The van der Waals surface area contributed by atoms with Gasteiger partial charge in [0.2, 0.25) is 0 Å². The smallest absolute Gasteiger partial charge is 0.00580 e. The number of nitrogens with one attached hydrogen (secondary N) is 1. The topological polar surface area (TPSA) is 12.0 Å². The van der Waals surface area contributed by atoms with Crippen molar-refractivity contribution in [1.29, 1.82) is 0 Å². The first-order valence-corrected chi connectivity index (χ1v) is 6.24. The largest absolute Gasteiger partial charge is 0.315 e. The minimum atomic E-state index is 1.16. The van der Waals surface area contributed by atoms with Crippen molar-refractivity contribution in [3.63, 3.8) is 0 Å². The normalized spacial score (nSPS) is 10.2. The standard InChI is InChI=1S/C7H17NS2/c1-3-10-7-5-8-4-6-9-2/h8H,3-7H2,1-2H3. The minimum Gasteiger partial charge on any atom is -0.315 e. The fourth-order valence-corrected chi connectivity index (χ4v) is 1.51. The molecule has 1 nitrogen and oxygen atoms in total. The number of thioether (sulfide) groups is 2. The van der Waals surface area contributed by atoms with E-state index in [0.29, 0.717) is 0 Å². The van der Waals surface area contributed by atoms with Gasteiger partial charge in [-0.25, -0.2) is 0 Å². The summed E-state index contributed by atoms with van der Waals surface area (Å²) in [6.07, 6.45) is 2.14. The van der Waals surface area contributed by atoms with Crippen molar-refractivity contribution in [2.75, 3.05) is 36.6 Å². The van der Waals surface area contributed by atoms with Crippen molar-refractivity contribution in [3.05, 3.63) is 0 Å². The second-order valence-electron chi connectivity index (χ2n) is 1.94. The lowest BCUT2D eigenvalue weighted by molar-refractivity contribution is 0.774. The molecule has 3 heteroatoms. The Bertz CT molecular complexity index is 51.6. The fourth-order valence-electron chi connectivity index (χ4n) is 0.588. The molecule has 0 unspecified atom stereocenters. The van der Waals surface area contributed by atoms with Crippen molar-refractivity contribution in [2.24, 2.45) is 0 Å². The van der Waals surface area contributed by atoms with E-state index >= 15 is 0 Å². The van der Waals surface area contributed by atoms with Crippen LogP contribution in [-0.4, -0.2) is 36.6 Å². The minimum absolute atomic E-state index is 1.16. The van der Waals surface area contributed by atoms with Gasteiger partial charge in [0.25, 0.3) is 0 Å². The number of hydrogen-bond donors (Lipinski definition) is 1. The van der Waals surface area contributed by atoms with Crippen LogP contribution in [0.25, 0.3) is 0 Å². The van der Waals surface area contributed by atoms with Crippen LogP contribution in [0.1, 0.15) is 6.92 Å². The van der Waals surface area contributed by atoms with Crippen LogP contribution in [0.5, 0.6) is 0 Å². The van der Waals surface area contributed by atoms with E-state index in [4.69, 9.17) is 0 Å². The quantitative estimate of drug-likeness (QED) is 0.597. The van der Waals surface area contributed by atoms with Crippen molar-refractivity contribution >= 4 is 23.5 Å². The van der Waals surface area contributed by atoms with Gasteiger partial charge in [0.1, 0.15) is 0 Å². The average molecular weight is 179 g/mol. The Morgan fingerprint density at radius 3 is 2.50 bits per heavy atom. The maximum absolute atomic E-state index is 3.38. The van der Waals surface area contributed by atoms with Gasteiger partial charge in [-0.15, -0.1) is 0 Å². The maximum Gasteiger partial charge on any atom is 0.00580 e. The highest BCUT2D eigenvalue weighted by Gasteiger charge is 1.85. The van der Waals surface area contributed by atoms with Gasteiger partial charge in [0, 0.05) is 24.6 Å². The molecule has 0 saturated carbocycles. The van der Waals surface area contributed by atoms with Gasteiger partial charge in [0.05, 0.1) is 0 Å². The molecule has 0 bridgehead atoms. The van der Waals surface area contributed by atoms with E-state index in [1.807, 2.05) is 23.5 Å². The molecule has 0 heterocycles. The Hall–Kier alpha value is 0.660. The molecule has 0 aromatic heterocycles. The Morgan fingerprint density at radius 1 is 1.20 bits per heavy atom. The lowest BCUT2D eigenvalue weighted by Crippen LogP contribution is -2.19. The van der Waals surface area contributed by atoms with Crippen LogP contribution in [-0.2, 0) is 0 Å². The summed E-state index contributed by atoms with van der Waals surface area (Å²) < 4.78 is 0. The van der Waals surface area contributed by atoms with E-state index in [-0.39, 0.29) is 0 Å². The lowest BCUT2D eigenvalue weighted by atomic mass is 10.7. The zero-order chi connectivity index (χ0) is 7.66. The number of hydrogen-bond acceptors (Lipinski definition) is 3. The highest BCUT2D eigenvalue weighted by atomic mass is 32.2. The molecule has 0 aliphatic heterocycles. The molecule has 0 spiro atoms. The molecule has 10 heavy (non-hydrogen) atoms. The summed E-state index contributed by atoms with van der Waals surface area (Å²) in [4.78, 5) is 0. The molecule has 0 amide bonds. The SMILES string of the molecule is CCSCCNCCSC. The number of rotatable bonds is 7. The first-order valence-electron chi connectivity index (χ1n) is 3.69. The molecular weight excluding hydrogens is 162 g/mol. The van der Waals surface area contributed by atoms with Gasteiger partial charge >= 0.3 is 0 Å². The van der Waals surface area contributed by atoms with Crippen molar-refractivity contribution < 1.29 is 0 Å². The highest BCUT2D eigenvalue weighted by Crippen LogP contribution is 1.95. The van der Waals surface area contributed by atoms with Gasteiger partial charge in [0.15, 0.2) is 0 Å². The molecule has 0 rings (SSSR count). The predicted molar refractivity (Wildman–Crippen MR) is 54.3 cm³/mol. The van der Waals surface area contributed by atoms with Crippen LogP contribution in [0.4, 0.5) is 0 Å². The van der Waals surface area contributed by atoms with E-state index in [2.05, 4.69) is 18.5 Å². The predicted octanol–water partition coefficient (Wildman–Crippen LogP) is 1.69. The van der Waals surface area contributed by atoms with E-state index in [0.717, 1.165) is 6.54 Å². The lowest BCUT2D eigenvalue weighted by Gasteiger charge is -2.01. The molecule has 0 aliphatic rings. The van der Waals surface area contributed by atoms with Crippen molar-refractivity contribution in [3.8, 4) is 0 Å². The Balaban J connectivity index is 2.65. The summed E-state index contributed by atoms with van der Waals surface area (Å²) in [6, 6.07) is 0. The summed E-state index contributed by atoms with van der Waals surface area (Å²) in [5, 5.41) is 3.38. The van der Waals surface area contributed by atoms with Crippen LogP contribution in [0.3, 0.4) is 0 Å². The Labute approximate surface area is 72.7 Å². The van der Waals surface area contributed by atoms with E-state index < -0.39 is 0 Å². The molecule has 62 valence electrons. The Kier molecular flexibility index (Phi) is 10.3. The van der Waals surface area contributed by atoms with Crippen LogP contribution in [0.2, 0.25) is 0 Å². The first kappa shape index (κ1) is 10.7. The third-order valence-corrected chi connectivity index (χ3v) is 2.62. The second-order valence-corrected chi connectivity index (χ2v) is 4.32. The van der Waals surface area contributed by atoms with E-state index in [9.17, 15) is 0 Å². The van der Waals surface area contributed by atoms with Crippen molar-refractivity contribution in [2.45, 2.75) is 6.92 Å². The summed E-state index contributed by atoms with van der Waals surface area (Å²) in [5.74, 6) is 3.73. The van der Waals surface area contributed by atoms with E-state index in [1.54, 1.807) is 0 Å². The van der Waals surface area contributed by atoms with Crippen LogP contribution in [0.15, 0.2) is 0 Å². The van der Waals surface area contributed by atoms with Crippen molar-refractivity contribution in [1.82, 2.24) is 5.32 Å². The zero-order valence-electron chi connectivity index (χ0n) is 6.85. The van der Waals surface area contributed by atoms with Gasteiger partial charge in [-0.2, -0.15) is 23.5 Å². The van der Waals surface area contributed by atoms with Gasteiger partial charge in [-0.3, -0.25) is 0 Å². The van der Waals surface area contributed by atoms with Gasteiger partial charge < -0.3 is 5.32 Å². The van der Waals surface area contributed by atoms with Gasteiger partial charge in [-0.1, -0.05) is 6.92 Å². The summed E-state index contributed by atoms with van der Waals surface area (Å²) in [6.45, 7) is 4.52. The fraction of sp³-hybridized carbons (Fsp3) is 1.00. The first-order chi connectivity index (χ1) is 4.91. The van der Waals surface area contributed by atoms with Crippen LogP contribution < -0.4 is 5.32 Å². The third-order valence-electron chi connectivity index (χ3n) is 1.11.